The Hall–Kier alpha value is -3.66. The van der Waals surface area contributed by atoms with Gasteiger partial charge in [0.2, 0.25) is 18.4 Å². The molecule has 2 heterocycles. The van der Waals surface area contributed by atoms with Gasteiger partial charge in [0.25, 0.3) is 0 Å². The number of ether oxygens (including phenoxy) is 5. The van der Waals surface area contributed by atoms with E-state index in [2.05, 4.69) is 12.2 Å². The van der Waals surface area contributed by atoms with Gasteiger partial charge in [0.1, 0.15) is 0 Å². The van der Waals surface area contributed by atoms with Crippen LogP contribution in [0.5, 0.6) is 28.7 Å². The molecule has 2 N–H and O–H groups in total. The number of methoxy groups -OCH3 is 2. The van der Waals surface area contributed by atoms with E-state index >= 15 is 0 Å². The van der Waals surface area contributed by atoms with Crippen LogP contribution in [-0.2, 0) is 9.59 Å². The van der Waals surface area contributed by atoms with E-state index < -0.39 is 23.8 Å². The lowest BCUT2D eigenvalue weighted by atomic mass is 9.84. The highest BCUT2D eigenvalue weighted by Gasteiger charge is 2.47. The lowest BCUT2D eigenvalue weighted by Gasteiger charge is -2.26. The predicted octanol–water partition coefficient (Wildman–Crippen LogP) is 3.29. The molecule has 3 atom stereocenters. The third-order valence-corrected chi connectivity index (χ3v) is 7.08. The largest absolute Gasteiger partial charge is 0.493 e. The molecular weight excluding hydrogens is 492 g/mol. The number of unbranched alkanes of at least 4 members (excludes halogenated alkanes) is 1. The number of aliphatic carboxylic acids is 1. The molecule has 0 radical (unpaired) electrons. The molecule has 38 heavy (non-hydrogen) atoms. The number of amides is 1. The number of nitrogens with zero attached hydrogens (tertiary/aromatic N) is 1. The minimum Gasteiger partial charge on any atom is -0.493 e. The lowest BCUT2D eigenvalue weighted by molar-refractivity contribution is -0.143. The van der Waals surface area contributed by atoms with E-state index in [1.807, 2.05) is 29.2 Å². The highest BCUT2D eigenvalue weighted by Crippen LogP contribution is 2.47. The highest BCUT2D eigenvalue weighted by atomic mass is 16.7. The summed E-state index contributed by atoms with van der Waals surface area (Å²) in [5, 5.41) is 13.3. The zero-order valence-corrected chi connectivity index (χ0v) is 22.1. The van der Waals surface area contributed by atoms with Crippen molar-refractivity contribution in [1.82, 2.24) is 10.2 Å². The first kappa shape index (κ1) is 27.4. The van der Waals surface area contributed by atoms with Crippen LogP contribution in [0, 0.1) is 5.92 Å². The van der Waals surface area contributed by atoms with Crippen molar-refractivity contribution < 1.29 is 38.4 Å². The van der Waals surface area contributed by atoms with Crippen LogP contribution >= 0.6 is 0 Å². The third kappa shape index (κ3) is 6.07. The molecule has 3 unspecified atom stereocenters. The Morgan fingerprint density at radius 1 is 1.11 bits per heavy atom. The normalized spacial score (nSPS) is 20.2. The number of rotatable bonds is 13. The molecule has 10 heteroatoms. The first-order chi connectivity index (χ1) is 18.5. The van der Waals surface area contributed by atoms with Crippen LogP contribution in [-0.4, -0.2) is 75.2 Å². The molecule has 0 bridgehead atoms. The van der Waals surface area contributed by atoms with Crippen molar-refractivity contribution >= 4 is 11.9 Å². The average Bonchev–Trinajstić information content (AvgIpc) is 3.53. The van der Waals surface area contributed by atoms with E-state index in [0.29, 0.717) is 48.3 Å². The van der Waals surface area contributed by atoms with E-state index in [1.54, 1.807) is 19.2 Å². The van der Waals surface area contributed by atoms with Gasteiger partial charge in [-0.3, -0.25) is 14.5 Å². The van der Waals surface area contributed by atoms with Crippen LogP contribution in [0.2, 0.25) is 0 Å². The van der Waals surface area contributed by atoms with E-state index in [0.717, 1.165) is 18.4 Å². The monoisotopic (exact) mass is 528 g/mol. The fraction of sp³-hybridized carbons (Fsp3) is 0.500. The summed E-state index contributed by atoms with van der Waals surface area (Å²) in [4.78, 5) is 27.4. The second-order valence-corrected chi connectivity index (χ2v) is 9.42. The van der Waals surface area contributed by atoms with Gasteiger partial charge in [0.15, 0.2) is 23.0 Å². The molecular formula is C28H36N2O8. The van der Waals surface area contributed by atoms with Crippen molar-refractivity contribution in [3.05, 3.63) is 42.0 Å². The van der Waals surface area contributed by atoms with Crippen molar-refractivity contribution in [3.8, 4) is 28.7 Å². The first-order valence-electron chi connectivity index (χ1n) is 12.9. The summed E-state index contributed by atoms with van der Waals surface area (Å²) in [5.74, 6) is 0.494. The number of benzene rings is 2. The Balaban J connectivity index is 1.58. The Morgan fingerprint density at radius 2 is 1.87 bits per heavy atom. The van der Waals surface area contributed by atoms with Gasteiger partial charge < -0.3 is 34.1 Å². The smallest absolute Gasteiger partial charge is 0.308 e. The van der Waals surface area contributed by atoms with Gasteiger partial charge >= 0.3 is 5.97 Å². The topological polar surface area (TPSA) is 116 Å². The van der Waals surface area contributed by atoms with Gasteiger partial charge in [0.05, 0.1) is 33.3 Å². The number of carboxylic acid groups (broad SMARTS) is 1. The second kappa shape index (κ2) is 12.7. The van der Waals surface area contributed by atoms with Crippen LogP contribution in [0.3, 0.4) is 0 Å². The Morgan fingerprint density at radius 3 is 2.58 bits per heavy atom. The van der Waals surface area contributed by atoms with Crippen molar-refractivity contribution in [1.29, 1.82) is 0 Å². The van der Waals surface area contributed by atoms with E-state index in [4.69, 9.17) is 23.7 Å². The van der Waals surface area contributed by atoms with Crippen LogP contribution in [0.4, 0.5) is 0 Å². The zero-order valence-electron chi connectivity index (χ0n) is 22.1. The van der Waals surface area contributed by atoms with Crippen molar-refractivity contribution in [2.24, 2.45) is 5.92 Å². The van der Waals surface area contributed by atoms with Crippen LogP contribution < -0.4 is 29.0 Å². The molecule has 0 saturated carbocycles. The van der Waals surface area contributed by atoms with Gasteiger partial charge in [-0.15, -0.1) is 0 Å². The molecule has 2 aliphatic heterocycles. The number of para-hydroxylation sites is 2. The summed E-state index contributed by atoms with van der Waals surface area (Å²) in [5.41, 5.74) is 0.767. The van der Waals surface area contributed by atoms with Gasteiger partial charge in [-0.05, 0) is 42.7 Å². The fourth-order valence-corrected chi connectivity index (χ4v) is 5.23. The molecule has 4 rings (SSSR count). The van der Waals surface area contributed by atoms with Gasteiger partial charge in [-0.2, -0.15) is 0 Å². The van der Waals surface area contributed by atoms with Crippen molar-refractivity contribution in [2.45, 2.75) is 38.1 Å². The Kier molecular flexibility index (Phi) is 9.17. The maximum absolute atomic E-state index is 12.8. The average molecular weight is 529 g/mol. The predicted molar refractivity (Wildman–Crippen MR) is 139 cm³/mol. The molecule has 10 nitrogen and oxygen atoms in total. The standard InChI is InChI=1S/C28H36N2O8/c1-4-5-11-29-25(31)16-30-15-19(18-13-23(35-3)27-24(14-18)37-17-38-27)26(28(32)33)20(30)10-12-36-22-9-7-6-8-21(22)34-2/h6-9,13-14,19-20,26H,4-5,10-12,15-17H2,1-3H3,(H,29,31)(H,32,33). The van der Waals surface area contributed by atoms with Gasteiger partial charge in [-0.1, -0.05) is 25.5 Å². The summed E-state index contributed by atoms with van der Waals surface area (Å²) in [6.07, 6.45) is 2.27. The highest BCUT2D eigenvalue weighted by molar-refractivity contribution is 5.79. The molecule has 0 spiro atoms. The Bertz CT molecular complexity index is 1120. The van der Waals surface area contributed by atoms with Gasteiger partial charge in [-0.25, -0.2) is 0 Å². The first-order valence-corrected chi connectivity index (χ1v) is 12.9. The van der Waals surface area contributed by atoms with E-state index in [1.165, 1.54) is 7.11 Å². The number of fused-ring (bicyclic) bond motifs is 1. The second-order valence-electron chi connectivity index (χ2n) is 9.42. The molecule has 0 aromatic heterocycles. The third-order valence-electron chi connectivity index (χ3n) is 7.08. The zero-order chi connectivity index (χ0) is 27.1. The Labute approximate surface area is 222 Å². The number of likely N-dealkylation sites (tertiary alicyclic amines) is 1. The van der Waals surface area contributed by atoms with Gasteiger partial charge in [0, 0.05) is 25.0 Å². The number of carbonyl (C=O) groups excluding carboxylic acids is 1. The van der Waals surface area contributed by atoms with E-state index in [9.17, 15) is 14.7 Å². The quantitative estimate of drug-likeness (QED) is 0.378. The van der Waals surface area contributed by atoms with E-state index in [-0.39, 0.29) is 25.9 Å². The molecule has 1 amide bonds. The maximum Gasteiger partial charge on any atom is 0.308 e. The number of carbonyl (C=O) groups is 2. The minimum atomic E-state index is -0.928. The molecule has 1 fully saturated rings. The van der Waals surface area contributed by atoms with Crippen LogP contribution in [0.15, 0.2) is 36.4 Å². The molecule has 2 aromatic carbocycles. The fourth-order valence-electron chi connectivity index (χ4n) is 5.23. The summed E-state index contributed by atoms with van der Waals surface area (Å²) in [6, 6.07) is 10.5. The van der Waals surface area contributed by atoms with Crippen LogP contribution in [0.1, 0.15) is 37.7 Å². The molecule has 206 valence electrons. The van der Waals surface area contributed by atoms with Crippen molar-refractivity contribution in [3.63, 3.8) is 0 Å². The van der Waals surface area contributed by atoms with Crippen molar-refractivity contribution in [2.75, 3.05) is 47.3 Å². The summed E-state index contributed by atoms with van der Waals surface area (Å²) < 4.78 is 28.0. The number of nitrogens with one attached hydrogen (secondary N) is 1. The number of hydrogen-bond donors (Lipinski definition) is 2. The number of hydrogen-bond acceptors (Lipinski definition) is 8. The summed E-state index contributed by atoms with van der Waals surface area (Å²) in [7, 11) is 3.11. The minimum absolute atomic E-state index is 0.0785. The molecule has 2 aromatic rings. The molecule has 2 aliphatic rings. The summed E-state index contributed by atoms with van der Waals surface area (Å²) in [6.45, 7) is 3.49. The number of carboxylic acids is 1. The maximum atomic E-state index is 12.8. The lowest BCUT2D eigenvalue weighted by Crippen LogP contribution is -2.43. The molecule has 1 saturated heterocycles. The summed E-state index contributed by atoms with van der Waals surface area (Å²) >= 11 is 0. The SMILES string of the molecule is CCCCNC(=O)CN1CC(c2cc(OC)c3c(c2)OCO3)C(C(=O)O)C1CCOc1ccccc1OC. The van der Waals surface area contributed by atoms with Crippen LogP contribution in [0.25, 0.3) is 0 Å². The molecule has 0 aliphatic carbocycles.